The largest absolute Gasteiger partial charge is 0.380 e. The summed E-state index contributed by atoms with van der Waals surface area (Å²) in [5, 5.41) is 9.31. The number of rotatable bonds is 5. The molecule has 0 aliphatic carbocycles. The van der Waals surface area contributed by atoms with Crippen molar-refractivity contribution >= 4 is 13.4 Å². The molecule has 0 heterocycles. The Morgan fingerprint density at radius 1 is 1.36 bits per heavy atom. The minimum atomic E-state index is -4.36. The summed E-state index contributed by atoms with van der Waals surface area (Å²) in [4.78, 5) is 28.1. The lowest BCUT2D eigenvalue weighted by Gasteiger charge is -2.26. The van der Waals surface area contributed by atoms with E-state index in [1.54, 1.807) is 21.1 Å². The lowest BCUT2D eigenvalue weighted by atomic mass is 10.2. The van der Waals surface area contributed by atoms with Gasteiger partial charge >= 0.3 is 7.60 Å². The summed E-state index contributed by atoms with van der Waals surface area (Å²) >= 11 is 0. The topological polar surface area (TPSA) is 94.8 Å². The monoisotopic (exact) mass is 226 g/mol. The van der Waals surface area contributed by atoms with Crippen LogP contribution in [0.2, 0.25) is 0 Å². The third-order valence-electron chi connectivity index (χ3n) is 1.45. The first-order valence-corrected chi connectivity index (χ1v) is 5.87. The van der Waals surface area contributed by atoms with Crippen LogP contribution in [0.15, 0.2) is 0 Å². The smallest absolute Gasteiger partial charge is 0.333 e. The van der Waals surface area contributed by atoms with Gasteiger partial charge in [-0.2, -0.15) is 0 Å². The molecule has 0 aromatic carbocycles. The molecule has 84 valence electrons. The van der Waals surface area contributed by atoms with Gasteiger partial charge in [-0.3, -0.25) is 9.36 Å². The van der Waals surface area contributed by atoms with Crippen LogP contribution < -0.4 is 0 Å². The van der Waals surface area contributed by atoms with Gasteiger partial charge in [-0.1, -0.05) is 0 Å². The van der Waals surface area contributed by atoms with Gasteiger partial charge in [0.05, 0.1) is 21.1 Å². The average Bonchev–Trinajstić information content (AvgIpc) is 1.78. The summed E-state index contributed by atoms with van der Waals surface area (Å²) < 4.78 is 10.8. The molecular weight excluding hydrogens is 209 g/mol. The first kappa shape index (κ1) is 13.7. The highest BCUT2D eigenvalue weighted by atomic mass is 31.2. The highest BCUT2D eigenvalue weighted by molar-refractivity contribution is 7.52. The SMILES string of the molecule is C[N+](C)(C)CC(O)C(=O)CP(=O)(O)O. The third kappa shape index (κ3) is 7.17. The second-order valence-corrected chi connectivity index (χ2v) is 5.92. The molecule has 0 saturated carbocycles. The Bertz CT molecular complexity index is 253. The van der Waals surface area contributed by atoms with Crippen molar-refractivity contribution in [3.8, 4) is 0 Å². The van der Waals surface area contributed by atoms with Crippen molar-refractivity contribution < 1.29 is 28.7 Å². The third-order valence-corrected chi connectivity index (χ3v) is 2.18. The van der Waals surface area contributed by atoms with Crippen molar-refractivity contribution in [3.05, 3.63) is 0 Å². The van der Waals surface area contributed by atoms with Crippen molar-refractivity contribution in [2.45, 2.75) is 6.10 Å². The van der Waals surface area contributed by atoms with Gasteiger partial charge in [-0.05, 0) is 0 Å². The van der Waals surface area contributed by atoms with Crippen LogP contribution in [0.25, 0.3) is 0 Å². The van der Waals surface area contributed by atoms with Crippen molar-refractivity contribution in [3.63, 3.8) is 0 Å². The molecule has 0 amide bonds. The number of aliphatic hydroxyl groups is 1. The minimum Gasteiger partial charge on any atom is -0.380 e. The molecular formula is C7H17NO5P+. The molecule has 0 aromatic rings. The molecule has 14 heavy (non-hydrogen) atoms. The zero-order valence-corrected chi connectivity index (χ0v) is 9.44. The van der Waals surface area contributed by atoms with Gasteiger partial charge in [-0.15, -0.1) is 0 Å². The fraction of sp³-hybridized carbons (Fsp3) is 0.857. The lowest BCUT2D eigenvalue weighted by molar-refractivity contribution is -0.872. The molecule has 6 nitrogen and oxygen atoms in total. The second-order valence-electron chi connectivity index (χ2n) is 4.28. The predicted octanol–water partition coefficient (Wildman–Crippen LogP) is -1.20. The lowest BCUT2D eigenvalue weighted by Crippen LogP contribution is -2.45. The van der Waals surface area contributed by atoms with Crippen LogP contribution in [-0.2, 0) is 9.36 Å². The van der Waals surface area contributed by atoms with E-state index in [2.05, 4.69) is 0 Å². The zero-order valence-electron chi connectivity index (χ0n) is 8.54. The van der Waals surface area contributed by atoms with Gasteiger partial charge in [0, 0.05) is 0 Å². The summed E-state index contributed by atoms with van der Waals surface area (Å²) in [6, 6.07) is 0. The number of aliphatic hydroxyl groups excluding tert-OH is 1. The Morgan fingerprint density at radius 3 is 2.07 bits per heavy atom. The van der Waals surface area contributed by atoms with Crippen molar-refractivity contribution in [1.29, 1.82) is 0 Å². The second kappa shape index (κ2) is 4.51. The van der Waals surface area contributed by atoms with Gasteiger partial charge < -0.3 is 19.4 Å². The Labute approximate surface area is 82.9 Å². The van der Waals surface area contributed by atoms with Crippen LogP contribution in [0.3, 0.4) is 0 Å². The van der Waals surface area contributed by atoms with Crippen LogP contribution in [0.4, 0.5) is 0 Å². The fourth-order valence-electron chi connectivity index (χ4n) is 0.929. The van der Waals surface area contributed by atoms with Gasteiger partial charge in [0.15, 0.2) is 11.9 Å². The molecule has 7 heteroatoms. The predicted molar refractivity (Wildman–Crippen MR) is 50.8 cm³/mol. The maximum absolute atomic E-state index is 11.1. The number of nitrogens with zero attached hydrogens (tertiary/aromatic N) is 1. The number of carbonyl (C=O) groups excluding carboxylic acids is 1. The van der Waals surface area contributed by atoms with Crippen LogP contribution in [0.5, 0.6) is 0 Å². The van der Waals surface area contributed by atoms with E-state index in [-0.39, 0.29) is 6.54 Å². The number of carbonyl (C=O) groups is 1. The van der Waals surface area contributed by atoms with Crippen LogP contribution >= 0.6 is 7.60 Å². The summed E-state index contributed by atoms with van der Waals surface area (Å²) in [5.74, 6) is -0.814. The van der Waals surface area contributed by atoms with Gasteiger partial charge in [-0.25, -0.2) is 0 Å². The molecule has 1 unspecified atom stereocenters. The number of hydrogen-bond acceptors (Lipinski definition) is 3. The van der Waals surface area contributed by atoms with E-state index in [1.165, 1.54) is 0 Å². The Morgan fingerprint density at radius 2 is 1.79 bits per heavy atom. The maximum atomic E-state index is 11.1. The van der Waals surface area contributed by atoms with E-state index in [0.717, 1.165) is 0 Å². The Kier molecular flexibility index (Phi) is 4.42. The maximum Gasteiger partial charge on any atom is 0.333 e. The molecule has 0 bridgehead atoms. The summed E-state index contributed by atoms with van der Waals surface area (Å²) in [6.07, 6.45) is -2.21. The minimum absolute atomic E-state index is 0.138. The molecule has 0 radical (unpaired) electrons. The van der Waals surface area contributed by atoms with E-state index in [9.17, 15) is 14.5 Å². The number of quaternary nitrogens is 1. The average molecular weight is 226 g/mol. The quantitative estimate of drug-likeness (QED) is 0.404. The van der Waals surface area contributed by atoms with Crippen molar-refractivity contribution in [2.24, 2.45) is 0 Å². The van der Waals surface area contributed by atoms with Gasteiger partial charge in [0.1, 0.15) is 12.7 Å². The molecule has 0 saturated heterocycles. The molecule has 0 aliphatic heterocycles. The summed E-state index contributed by atoms with van der Waals surface area (Å²) in [6.45, 7) is 0.138. The van der Waals surface area contributed by atoms with Crippen molar-refractivity contribution in [1.82, 2.24) is 0 Å². The van der Waals surface area contributed by atoms with Crippen molar-refractivity contribution in [2.75, 3.05) is 33.8 Å². The zero-order chi connectivity index (χ0) is 11.6. The fourth-order valence-corrected chi connectivity index (χ4v) is 1.55. The van der Waals surface area contributed by atoms with E-state index >= 15 is 0 Å². The van der Waals surface area contributed by atoms with E-state index < -0.39 is 25.6 Å². The highest BCUT2D eigenvalue weighted by Gasteiger charge is 2.28. The number of likely N-dealkylation sites (N-methyl/N-ethyl adjacent to an activating group) is 1. The van der Waals surface area contributed by atoms with Crippen LogP contribution in [0.1, 0.15) is 0 Å². The first-order chi connectivity index (χ1) is 6.01. The molecule has 0 aliphatic rings. The molecule has 0 spiro atoms. The molecule has 3 N–H and O–H groups in total. The first-order valence-electron chi connectivity index (χ1n) is 4.07. The number of Topliss-reactive ketones (excluding diaryl/α,β-unsaturated/α-hetero) is 1. The summed E-state index contributed by atoms with van der Waals surface area (Å²) in [5.41, 5.74) is 0. The van der Waals surface area contributed by atoms with Gasteiger partial charge in [0.2, 0.25) is 0 Å². The number of hydrogen-bond donors (Lipinski definition) is 3. The normalized spacial score (nSPS) is 15.3. The molecule has 1 atom stereocenters. The summed E-state index contributed by atoms with van der Waals surface area (Å²) in [7, 11) is 0.958. The number of ketones is 1. The Hall–Kier alpha value is -0.260. The molecule has 0 fully saturated rings. The van der Waals surface area contributed by atoms with Crippen LogP contribution in [0, 0.1) is 0 Å². The molecule has 0 rings (SSSR count). The molecule has 0 aromatic heterocycles. The van der Waals surface area contributed by atoms with E-state index in [1.807, 2.05) is 0 Å². The van der Waals surface area contributed by atoms with Gasteiger partial charge in [0.25, 0.3) is 0 Å². The standard InChI is InChI=1S/C7H16NO5P/c1-8(2,3)4-6(9)7(10)5-14(11,12)13/h6,9H,4-5H2,1-3H3,(H-,11,12,13)/p+1. The highest BCUT2D eigenvalue weighted by Crippen LogP contribution is 2.34. The Balaban J connectivity index is 4.21. The van der Waals surface area contributed by atoms with E-state index in [0.29, 0.717) is 4.48 Å². The van der Waals surface area contributed by atoms with E-state index in [4.69, 9.17) is 9.79 Å². The van der Waals surface area contributed by atoms with Crippen LogP contribution in [-0.4, -0.2) is 65.1 Å².